The van der Waals surface area contributed by atoms with Gasteiger partial charge in [0.25, 0.3) is 0 Å². The Bertz CT molecular complexity index is 334. The van der Waals surface area contributed by atoms with Gasteiger partial charge in [0.1, 0.15) is 5.75 Å². The van der Waals surface area contributed by atoms with E-state index in [4.69, 9.17) is 11.5 Å². The lowest BCUT2D eigenvalue weighted by Crippen LogP contribution is -2.22. The van der Waals surface area contributed by atoms with Crippen LogP contribution in [0, 0.1) is 3.57 Å². The molecule has 0 saturated heterocycles. The molecule has 0 atom stereocenters. The number of benzene rings is 1. The highest BCUT2D eigenvalue weighted by molar-refractivity contribution is 14.1. The smallest absolute Gasteiger partial charge is 0.186 e. The molecule has 0 spiro atoms. The fraction of sp³-hybridized carbons (Fsp3) is 0.125. The Morgan fingerprint density at radius 2 is 2.15 bits per heavy atom. The molecule has 13 heavy (non-hydrogen) atoms. The van der Waals surface area contributed by atoms with Gasteiger partial charge in [-0.2, -0.15) is 0 Å². The molecule has 5 heteroatoms. The van der Waals surface area contributed by atoms with Crippen molar-refractivity contribution in [2.24, 2.45) is 16.5 Å². The third-order valence-corrected chi connectivity index (χ3v) is 2.32. The molecule has 4 nitrogen and oxygen atoms in total. The minimum absolute atomic E-state index is 0.0723. The summed E-state index contributed by atoms with van der Waals surface area (Å²) in [6, 6.07) is 5.24. The van der Waals surface area contributed by atoms with Gasteiger partial charge in [0.15, 0.2) is 5.96 Å². The van der Waals surface area contributed by atoms with Crippen LogP contribution >= 0.6 is 22.6 Å². The molecule has 0 aliphatic heterocycles. The van der Waals surface area contributed by atoms with Crippen molar-refractivity contribution in [3.8, 4) is 5.75 Å². The van der Waals surface area contributed by atoms with Crippen molar-refractivity contribution < 1.29 is 5.11 Å². The van der Waals surface area contributed by atoms with Crippen molar-refractivity contribution in [3.05, 3.63) is 27.3 Å². The minimum atomic E-state index is 0.0723. The van der Waals surface area contributed by atoms with Crippen LogP contribution in [0.3, 0.4) is 0 Å². The summed E-state index contributed by atoms with van der Waals surface area (Å²) < 4.78 is 0.792. The highest BCUT2D eigenvalue weighted by Crippen LogP contribution is 2.20. The van der Waals surface area contributed by atoms with Crippen LogP contribution in [0.25, 0.3) is 0 Å². The largest absolute Gasteiger partial charge is 0.507 e. The van der Waals surface area contributed by atoms with E-state index < -0.39 is 0 Å². The lowest BCUT2D eigenvalue weighted by molar-refractivity contribution is 0.471. The van der Waals surface area contributed by atoms with Crippen LogP contribution in [0.4, 0.5) is 0 Å². The number of guanidine groups is 1. The fourth-order valence-corrected chi connectivity index (χ4v) is 1.41. The van der Waals surface area contributed by atoms with Crippen molar-refractivity contribution >= 4 is 28.6 Å². The zero-order valence-electron chi connectivity index (χ0n) is 6.87. The average molecular weight is 289 g/mol. The first-order valence-corrected chi connectivity index (χ1v) is 4.70. The normalized spacial score (nSPS) is 9.62. The molecule has 0 bridgehead atoms. The van der Waals surface area contributed by atoms with Crippen molar-refractivity contribution in [1.29, 1.82) is 0 Å². The Hall–Kier alpha value is -0.980. The van der Waals surface area contributed by atoms with Crippen LogP contribution in [-0.2, 0) is 6.54 Å². The summed E-state index contributed by atoms with van der Waals surface area (Å²) >= 11 is 2.05. The van der Waals surface area contributed by atoms with Gasteiger partial charge in [0, 0.05) is 0 Å². The zero-order valence-corrected chi connectivity index (χ0v) is 9.02. The molecule has 1 aromatic carbocycles. The van der Waals surface area contributed by atoms with Gasteiger partial charge < -0.3 is 16.6 Å². The molecular weight excluding hydrogens is 279 g/mol. The molecule has 0 fully saturated rings. The molecule has 0 aromatic heterocycles. The van der Waals surface area contributed by atoms with E-state index in [0.717, 1.165) is 9.13 Å². The number of phenols is 1. The monoisotopic (exact) mass is 289 g/mol. The maximum atomic E-state index is 9.23. The fourth-order valence-electron chi connectivity index (χ4n) is 0.831. The molecular formula is C8H10IN3O. The number of rotatable bonds is 2. The Morgan fingerprint density at radius 3 is 2.69 bits per heavy atom. The number of halogens is 1. The van der Waals surface area contributed by atoms with Gasteiger partial charge in [-0.25, -0.2) is 4.99 Å². The summed E-state index contributed by atoms with van der Waals surface area (Å²) in [6.45, 7) is 0.443. The Balaban J connectivity index is 2.80. The quantitative estimate of drug-likeness (QED) is 0.427. The van der Waals surface area contributed by atoms with E-state index in [9.17, 15) is 5.11 Å². The molecule has 0 heterocycles. The molecule has 0 aliphatic rings. The summed E-state index contributed by atoms with van der Waals surface area (Å²) in [5, 5.41) is 9.23. The number of hydrogen-bond donors (Lipinski definition) is 3. The summed E-state index contributed by atoms with van der Waals surface area (Å²) in [5.74, 6) is 0.345. The molecule has 0 aliphatic carbocycles. The lowest BCUT2D eigenvalue weighted by Gasteiger charge is -2.00. The second-order valence-electron chi connectivity index (χ2n) is 2.53. The summed E-state index contributed by atoms with van der Waals surface area (Å²) in [4.78, 5) is 3.85. The van der Waals surface area contributed by atoms with Gasteiger partial charge in [-0.3, -0.25) is 0 Å². The number of aromatic hydroxyl groups is 1. The van der Waals surface area contributed by atoms with E-state index in [-0.39, 0.29) is 11.7 Å². The Labute approximate surface area is 89.8 Å². The second-order valence-corrected chi connectivity index (χ2v) is 3.69. The first kappa shape index (κ1) is 10.1. The number of hydrogen-bond acceptors (Lipinski definition) is 2. The Morgan fingerprint density at radius 1 is 1.46 bits per heavy atom. The van der Waals surface area contributed by atoms with E-state index in [1.807, 2.05) is 28.7 Å². The zero-order chi connectivity index (χ0) is 9.84. The van der Waals surface area contributed by atoms with E-state index in [1.165, 1.54) is 0 Å². The molecule has 0 radical (unpaired) electrons. The molecule has 1 rings (SSSR count). The highest BCUT2D eigenvalue weighted by Gasteiger charge is 1.98. The lowest BCUT2D eigenvalue weighted by atomic mass is 10.2. The van der Waals surface area contributed by atoms with E-state index in [2.05, 4.69) is 4.99 Å². The van der Waals surface area contributed by atoms with Gasteiger partial charge in [0.2, 0.25) is 0 Å². The van der Waals surface area contributed by atoms with Crippen LogP contribution in [0.15, 0.2) is 23.2 Å². The second kappa shape index (κ2) is 4.31. The maximum Gasteiger partial charge on any atom is 0.186 e. The van der Waals surface area contributed by atoms with Crippen LogP contribution in [0.2, 0.25) is 0 Å². The van der Waals surface area contributed by atoms with Crippen LogP contribution < -0.4 is 11.5 Å². The highest BCUT2D eigenvalue weighted by atomic mass is 125. The number of aliphatic imine (C=N–C) groups is 1. The van der Waals surface area contributed by atoms with Gasteiger partial charge in [-0.15, -0.1) is 0 Å². The summed E-state index contributed by atoms with van der Waals surface area (Å²) in [7, 11) is 0. The van der Waals surface area contributed by atoms with Crippen molar-refractivity contribution in [2.45, 2.75) is 6.54 Å². The van der Waals surface area contributed by atoms with Crippen LogP contribution in [0.5, 0.6) is 5.75 Å². The molecule has 0 amide bonds. The number of nitrogens with two attached hydrogens (primary N) is 2. The molecule has 0 saturated carbocycles. The Kier molecular flexibility index (Phi) is 3.35. The van der Waals surface area contributed by atoms with Crippen LogP contribution in [-0.4, -0.2) is 11.1 Å². The predicted molar refractivity (Wildman–Crippen MR) is 60.3 cm³/mol. The topological polar surface area (TPSA) is 84.6 Å². The van der Waals surface area contributed by atoms with Gasteiger partial charge in [-0.1, -0.05) is 6.07 Å². The van der Waals surface area contributed by atoms with Crippen LogP contribution in [0.1, 0.15) is 5.56 Å². The SMILES string of the molecule is NC(N)=NCc1ccc(O)c([125I])c1. The third-order valence-electron chi connectivity index (χ3n) is 1.46. The number of phenolic OH excluding ortho intramolecular Hbond substituents is 1. The summed E-state index contributed by atoms with van der Waals surface area (Å²) in [6.07, 6.45) is 0. The predicted octanol–water partition coefficient (Wildman–Crippen LogP) is 0.770. The van der Waals surface area contributed by atoms with Crippen molar-refractivity contribution in [1.82, 2.24) is 0 Å². The van der Waals surface area contributed by atoms with Crippen molar-refractivity contribution in [3.63, 3.8) is 0 Å². The molecule has 5 N–H and O–H groups in total. The maximum absolute atomic E-state index is 9.23. The first-order chi connectivity index (χ1) is 6.09. The van der Waals surface area contributed by atoms with E-state index in [0.29, 0.717) is 6.54 Å². The van der Waals surface area contributed by atoms with Gasteiger partial charge in [0.05, 0.1) is 10.1 Å². The summed E-state index contributed by atoms with van der Waals surface area (Å²) in [5.41, 5.74) is 11.3. The van der Waals surface area contributed by atoms with E-state index >= 15 is 0 Å². The minimum Gasteiger partial charge on any atom is -0.507 e. The third kappa shape index (κ3) is 3.10. The first-order valence-electron chi connectivity index (χ1n) is 3.62. The van der Waals surface area contributed by atoms with Gasteiger partial charge >= 0.3 is 0 Å². The molecule has 1 aromatic rings. The van der Waals surface area contributed by atoms with E-state index in [1.54, 1.807) is 12.1 Å². The average Bonchev–Trinajstić information content (AvgIpc) is 2.07. The molecule has 0 unspecified atom stereocenters. The standard InChI is InChI=1S/C8H10IN3O/c9-6-3-5(1-2-7(6)13)4-12-8(10)11/h1-3,13H,4H2,(H4,10,11,12)/i9-2. The van der Waals surface area contributed by atoms with Crippen molar-refractivity contribution in [2.75, 3.05) is 0 Å². The molecule has 70 valence electrons. The number of nitrogens with zero attached hydrogens (tertiary/aromatic N) is 1. The van der Waals surface area contributed by atoms with Gasteiger partial charge in [-0.05, 0) is 40.3 Å².